The van der Waals surface area contributed by atoms with Crippen LogP contribution in [0.15, 0.2) is 12.1 Å². The van der Waals surface area contributed by atoms with Crippen LogP contribution in [-0.2, 0) is 4.79 Å². The van der Waals surface area contributed by atoms with Crippen molar-refractivity contribution < 1.29 is 28.2 Å². The van der Waals surface area contributed by atoms with Gasteiger partial charge in [0, 0.05) is 12.0 Å². The second-order valence-corrected chi connectivity index (χ2v) is 9.63. The standard InChI is InChI=1S/C13H14F2N2O3.C7H14N2OS/c14-13(15)6-17(7-13)10-4-3-9(12(18)19)16-11(10)20-5-8-1-2-8;8-6(10)5-7(9)1-3-11-4-2-7/h3-4,8H,1-2,5-7H2,(H,18,19);1-5,9H2,(H2,8,10). The molecule has 3 fully saturated rings. The zero-order valence-corrected chi connectivity index (χ0v) is 18.0. The van der Waals surface area contributed by atoms with Gasteiger partial charge in [0.05, 0.1) is 19.7 Å². The van der Waals surface area contributed by atoms with Gasteiger partial charge in [0.25, 0.3) is 5.92 Å². The van der Waals surface area contributed by atoms with Gasteiger partial charge in [-0.25, -0.2) is 18.6 Å². The fourth-order valence-corrected chi connectivity index (χ4v) is 4.67. The summed E-state index contributed by atoms with van der Waals surface area (Å²) >= 11 is 1.89. The quantitative estimate of drug-likeness (QED) is 0.566. The van der Waals surface area contributed by atoms with E-state index < -0.39 is 11.9 Å². The van der Waals surface area contributed by atoms with Gasteiger partial charge in [0.2, 0.25) is 11.8 Å². The van der Waals surface area contributed by atoms with Crippen LogP contribution in [0.4, 0.5) is 14.5 Å². The average Bonchev–Trinajstić information content (AvgIpc) is 3.49. The largest absolute Gasteiger partial charge is 0.477 e. The molecule has 3 heterocycles. The van der Waals surface area contributed by atoms with Gasteiger partial charge >= 0.3 is 5.97 Å². The van der Waals surface area contributed by atoms with Gasteiger partial charge in [-0.05, 0) is 55.2 Å². The first-order chi connectivity index (χ1) is 14.6. The maximum absolute atomic E-state index is 12.9. The summed E-state index contributed by atoms with van der Waals surface area (Å²) in [5, 5.41) is 8.93. The van der Waals surface area contributed by atoms with E-state index in [2.05, 4.69) is 4.98 Å². The lowest BCUT2D eigenvalue weighted by Gasteiger charge is -2.40. The molecule has 1 aromatic rings. The number of halogens is 2. The Bertz CT molecular complexity index is 808. The third kappa shape index (κ3) is 6.93. The molecule has 172 valence electrons. The van der Waals surface area contributed by atoms with Crippen LogP contribution < -0.4 is 21.1 Å². The normalized spacial score (nSPS) is 21.3. The second kappa shape index (κ2) is 9.56. The summed E-state index contributed by atoms with van der Waals surface area (Å²) in [5.41, 5.74) is 11.0. The molecule has 2 aliphatic heterocycles. The molecule has 0 atom stereocenters. The Hall–Kier alpha value is -2.14. The summed E-state index contributed by atoms with van der Waals surface area (Å²) < 4.78 is 31.4. The van der Waals surface area contributed by atoms with Crippen LogP contribution in [0.25, 0.3) is 0 Å². The number of anilines is 1. The number of carboxylic acid groups (broad SMARTS) is 1. The molecule has 4 rings (SSSR count). The van der Waals surface area contributed by atoms with Crippen molar-refractivity contribution >= 4 is 29.3 Å². The van der Waals surface area contributed by atoms with Crippen LogP contribution in [0.5, 0.6) is 5.88 Å². The van der Waals surface area contributed by atoms with Crippen molar-refractivity contribution in [2.75, 3.05) is 36.1 Å². The maximum atomic E-state index is 12.9. The van der Waals surface area contributed by atoms with Crippen molar-refractivity contribution in [3.63, 3.8) is 0 Å². The van der Waals surface area contributed by atoms with Crippen LogP contribution in [0.2, 0.25) is 0 Å². The Kier molecular flexibility index (Phi) is 7.25. The van der Waals surface area contributed by atoms with E-state index >= 15 is 0 Å². The van der Waals surface area contributed by atoms with Crippen LogP contribution in [0.1, 0.15) is 42.6 Å². The maximum Gasteiger partial charge on any atom is 0.354 e. The molecule has 0 radical (unpaired) electrons. The Morgan fingerprint density at radius 2 is 1.90 bits per heavy atom. The van der Waals surface area contributed by atoms with Crippen LogP contribution in [0, 0.1) is 5.92 Å². The number of hydrogen-bond acceptors (Lipinski definition) is 7. The Morgan fingerprint density at radius 1 is 1.26 bits per heavy atom. The summed E-state index contributed by atoms with van der Waals surface area (Å²) in [6, 6.07) is 2.78. The summed E-state index contributed by atoms with van der Waals surface area (Å²) in [5.74, 6) is -1.42. The van der Waals surface area contributed by atoms with Gasteiger partial charge in [-0.15, -0.1) is 0 Å². The first-order valence-corrected chi connectivity index (χ1v) is 11.4. The summed E-state index contributed by atoms with van der Waals surface area (Å²) in [6.45, 7) is -0.324. The number of thioether (sulfide) groups is 1. The predicted molar refractivity (Wildman–Crippen MR) is 114 cm³/mol. The van der Waals surface area contributed by atoms with Crippen molar-refractivity contribution in [1.29, 1.82) is 0 Å². The molecule has 0 bridgehead atoms. The number of rotatable bonds is 7. The Balaban J connectivity index is 0.000000210. The predicted octanol–water partition coefficient (Wildman–Crippen LogP) is 2.11. The van der Waals surface area contributed by atoms with E-state index in [1.165, 1.54) is 17.0 Å². The van der Waals surface area contributed by atoms with Gasteiger partial charge in [-0.2, -0.15) is 11.8 Å². The number of ether oxygens (including phenoxy) is 1. The smallest absolute Gasteiger partial charge is 0.354 e. The lowest BCUT2D eigenvalue weighted by molar-refractivity contribution is -0.119. The topological polar surface area (TPSA) is 132 Å². The molecule has 0 spiro atoms. The SMILES string of the molecule is NC(=O)CC1(N)CCSCC1.O=C(O)c1ccc(N2CC(F)(F)C2)c(OCC2CC2)n1. The third-order valence-electron chi connectivity index (χ3n) is 5.41. The summed E-state index contributed by atoms with van der Waals surface area (Å²) in [4.78, 5) is 26.9. The number of aromatic nitrogens is 1. The van der Waals surface area contributed by atoms with Crippen molar-refractivity contribution in [3.8, 4) is 5.88 Å². The van der Waals surface area contributed by atoms with E-state index in [-0.39, 0.29) is 36.1 Å². The Labute approximate surface area is 183 Å². The minimum Gasteiger partial charge on any atom is -0.477 e. The molecule has 3 aliphatic rings. The Morgan fingerprint density at radius 3 is 2.42 bits per heavy atom. The van der Waals surface area contributed by atoms with E-state index in [4.69, 9.17) is 21.3 Å². The summed E-state index contributed by atoms with van der Waals surface area (Å²) in [6.07, 6.45) is 4.33. The van der Waals surface area contributed by atoms with E-state index in [0.717, 1.165) is 37.2 Å². The van der Waals surface area contributed by atoms with E-state index in [0.29, 0.717) is 24.6 Å². The molecule has 31 heavy (non-hydrogen) atoms. The van der Waals surface area contributed by atoms with Crippen molar-refractivity contribution in [1.82, 2.24) is 4.98 Å². The molecule has 0 aromatic carbocycles. The van der Waals surface area contributed by atoms with Crippen LogP contribution >= 0.6 is 11.8 Å². The van der Waals surface area contributed by atoms with E-state index in [1.807, 2.05) is 11.8 Å². The first-order valence-electron chi connectivity index (χ1n) is 10.2. The molecule has 1 saturated carbocycles. The number of nitrogens with zero attached hydrogens (tertiary/aromatic N) is 2. The molecular formula is C20H28F2N4O4S. The van der Waals surface area contributed by atoms with E-state index in [9.17, 15) is 18.4 Å². The highest BCUT2D eigenvalue weighted by atomic mass is 32.2. The number of pyridine rings is 1. The van der Waals surface area contributed by atoms with E-state index in [1.54, 1.807) is 0 Å². The lowest BCUT2D eigenvalue weighted by Crippen LogP contribution is -2.56. The van der Waals surface area contributed by atoms with Gasteiger partial charge in [-0.1, -0.05) is 0 Å². The molecule has 5 N–H and O–H groups in total. The number of aromatic carboxylic acids is 1. The van der Waals surface area contributed by atoms with Gasteiger partial charge < -0.3 is 26.2 Å². The first kappa shape index (κ1) is 23.5. The minimum atomic E-state index is -2.70. The molecule has 2 saturated heterocycles. The number of amides is 1. The lowest BCUT2D eigenvalue weighted by atomic mass is 9.90. The molecule has 1 aliphatic carbocycles. The van der Waals surface area contributed by atoms with Crippen molar-refractivity contribution in [2.45, 2.75) is 43.6 Å². The number of alkyl halides is 2. The monoisotopic (exact) mass is 458 g/mol. The zero-order chi connectivity index (χ0) is 22.6. The van der Waals surface area contributed by atoms with Crippen molar-refractivity contribution in [2.24, 2.45) is 17.4 Å². The number of carbonyl (C=O) groups excluding carboxylic acids is 1. The van der Waals surface area contributed by atoms with Crippen LogP contribution in [-0.4, -0.2) is 64.6 Å². The molecule has 8 nitrogen and oxygen atoms in total. The van der Waals surface area contributed by atoms with Gasteiger partial charge in [0.15, 0.2) is 5.69 Å². The zero-order valence-electron chi connectivity index (χ0n) is 17.2. The molecular weight excluding hydrogens is 430 g/mol. The van der Waals surface area contributed by atoms with Gasteiger partial charge in [-0.3, -0.25) is 4.79 Å². The molecule has 0 unspecified atom stereocenters. The fourth-order valence-electron chi connectivity index (χ4n) is 3.36. The number of carboxylic acids is 1. The number of hydrogen-bond donors (Lipinski definition) is 3. The molecule has 11 heteroatoms. The van der Waals surface area contributed by atoms with Crippen molar-refractivity contribution in [3.05, 3.63) is 17.8 Å². The van der Waals surface area contributed by atoms with Crippen LogP contribution in [0.3, 0.4) is 0 Å². The second-order valence-electron chi connectivity index (χ2n) is 8.41. The average molecular weight is 459 g/mol. The number of primary amides is 1. The highest BCUT2D eigenvalue weighted by Crippen LogP contribution is 2.37. The number of carbonyl (C=O) groups is 2. The minimum absolute atomic E-state index is 0.132. The van der Waals surface area contributed by atoms with Gasteiger partial charge in [0.1, 0.15) is 5.69 Å². The molecule has 1 aromatic heterocycles. The fraction of sp³-hybridized carbons (Fsp3) is 0.650. The highest BCUT2D eigenvalue weighted by Gasteiger charge is 2.45. The summed E-state index contributed by atoms with van der Waals surface area (Å²) in [7, 11) is 0. The number of nitrogens with two attached hydrogens (primary N) is 2. The molecule has 1 amide bonds. The third-order valence-corrected chi connectivity index (χ3v) is 6.40. The highest BCUT2D eigenvalue weighted by molar-refractivity contribution is 7.99.